The molecule has 0 saturated heterocycles. The first-order chi connectivity index (χ1) is 9.19. The van der Waals surface area contributed by atoms with Gasteiger partial charge in [-0.1, -0.05) is 13.3 Å². The average Bonchev–Trinajstić information content (AvgIpc) is 2.40. The van der Waals surface area contributed by atoms with Crippen LogP contribution in [0, 0.1) is 5.92 Å². The number of rotatable bonds is 4. The van der Waals surface area contributed by atoms with E-state index in [1.165, 1.54) is 19.0 Å². The van der Waals surface area contributed by atoms with Crippen molar-refractivity contribution in [3.05, 3.63) is 23.9 Å². The molecule has 1 aromatic heterocycles. The van der Waals surface area contributed by atoms with Crippen LogP contribution in [0.15, 0.2) is 18.3 Å². The molecule has 0 bridgehead atoms. The van der Waals surface area contributed by atoms with Crippen LogP contribution in [0.3, 0.4) is 0 Å². The van der Waals surface area contributed by atoms with E-state index in [1.54, 1.807) is 19.1 Å². The van der Waals surface area contributed by atoms with Gasteiger partial charge in [0, 0.05) is 12.3 Å². The van der Waals surface area contributed by atoms with Gasteiger partial charge in [0.25, 0.3) is 0 Å². The number of ether oxygens (including phenoxy) is 2. The van der Waals surface area contributed by atoms with E-state index in [2.05, 4.69) is 11.9 Å². The Morgan fingerprint density at radius 1 is 1.42 bits per heavy atom. The lowest BCUT2D eigenvalue weighted by atomic mass is 9.89. The van der Waals surface area contributed by atoms with Crippen LogP contribution in [-0.4, -0.2) is 23.7 Å². The van der Waals surface area contributed by atoms with Crippen molar-refractivity contribution in [1.29, 1.82) is 0 Å². The first-order valence-electron chi connectivity index (χ1n) is 6.99. The van der Waals surface area contributed by atoms with Crippen molar-refractivity contribution in [2.45, 2.75) is 45.6 Å². The lowest BCUT2D eigenvalue weighted by Gasteiger charge is -2.26. The average molecular weight is 263 g/mol. The lowest BCUT2D eigenvalue weighted by Crippen LogP contribution is -2.24. The highest BCUT2D eigenvalue weighted by Crippen LogP contribution is 2.26. The molecule has 0 radical (unpaired) electrons. The van der Waals surface area contributed by atoms with E-state index < -0.39 is 0 Å². The molecule has 2 unspecified atom stereocenters. The van der Waals surface area contributed by atoms with Gasteiger partial charge >= 0.3 is 5.97 Å². The summed E-state index contributed by atoms with van der Waals surface area (Å²) in [5, 5.41) is 0. The molecule has 0 spiro atoms. The van der Waals surface area contributed by atoms with Crippen LogP contribution in [-0.2, 0) is 4.74 Å². The number of hydrogen-bond donors (Lipinski definition) is 0. The topological polar surface area (TPSA) is 48.4 Å². The molecule has 104 valence electrons. The summed E-state index contributed by atoms with van der Waals surface area (Å²) in [4.78, 5) is 15.7. The van der Waals surface area contributed by atoms with Crippen molar-refractivity contribution in [1.82, 2.24) is 4.98 Å². The highest BCUT2D eigenvalue weighted by Gasteiger charge is 2.20. The number of aromatic nitrogens is 1. The second-order valence-electron chi connectivity index (χ2n) is 5.12. The van der Waals surface area contributed by atoms with Crippen LogP contribution in [0.5, 0.6) is 5.88 Å². The fourth-order valence-corrected chi connectivity index (χ4v) is 2.44. The van der Waals surface area contributed by atoms with E-state index >= 15 is 0 Å². The molecule has 1 aliphatic carbocycles. The molecule has 19 heavy (non-hydrogen) atoms. The third-order valence-corrected chi connectivity index (χ3v) is 3.42. The smallest absolute Gasteiger partial charge is 0.339 e. The van der Waals surface area contributed by atoms with E-state index in [0.29, 0.717) is 18.1 Å². The van der Waals surface area contributed by atoms with Gasteiger partial charge in [0.05, 0.1) is 12.2 Å². The summed E-state index contributed by atoms with van der Waals surface area (Å²) in [7, 11) is 0. The van der Waals surface area contributed by atoms with Crippen LogP contribution < -0.4 is 4.74 Å². The van der Waals surface area contributed by atoms with Crippen LogP contribution >= 0.6 is 0 Å². The summed E-state index contributed by atoms with van der Waals surface area (Å²) in [6.45, 7) is 4.41. The molecule has 0 amide bonds. The maximum absolute atomic E-state index is 11.5. The van der Waals surface area contributed by atoms with Crippen molar-refractivity contribution in [3.8, 4) is 5.88 Å². The van der Waals surface area contributed by atoms with Crippen molar-refractivity contribution < 1.29 is 14.3 Å². The zero-order valence-corrected chi connectivity index (χ0v) is 11.6. The Labute approximate surface area is 114 Å². The molecule has 1 saturated carbocycles. The highest BCUT2D eigenvalue weighted by molar-refractivity contribution is 5.89. The molecule has 4 nitrogen and oxygen atoms in total. The number of carbonyl (C=O) groups is 1. The van der Waals surface area contributed by atoms with E-state index in [1.807, 2.05) is 0 Å². The minimum absolute atomic E-state index is 0.254. The third-order valence-electron chi connectivity index (χ3n) is 3.42. The molecule has 2 atom stereocenters. The quantitative estimate of drug-likeness (QED) is 0.783. The highest BCUT2D eigenvalue weighted by atomic mass is 16.5. The van der Waals surface area contributed by atoms with Crippen LogP contribution in [0.2, 0.25) is 0 Å². The normalized spacial score (nSPS) is 22.8. The molecule has 1 fully saturated rings. The van der Waals surface area contributed by atoms with Crippen molar-refractivity contribution in [2.24, 2.45) is 5.92 Å². The molecule has 1 aromatic rings. The summed E-state index contributed by atoms with van der Waals surface area (Å²) in [5.74, 6) is 0.970. The molecule has 0 N–H and O–H groups in total. The van der Waals surface area contributed by atoms with E-state index in [4.69, 9.17) is 9.47 Å². The van der Waals surface area contributed by atoms with E-state index in [-0.39, 0.29) is 12.1 Å². The first-order valence-corrected chi connectivity index (χ1v) is 6.99. The molecular weight excluding hydrogens is 242 g/mol. The first kappa shape index (κ1) is 13.8. The number of pyridine rings is 1. The summed E-state index contributed by atoms with van der Waals surface area (Å²) in [6, 6.07) is 3.44. The van der Waals surface area contributed by atoms with Crippen molar-refractivity contribution in [3.63, 3.8) is 0 Å². The maximum Gasteiger partial charge on any atom is 0.339 e. The molecule has 4 heteroatoms. The Morgan fingerprint density at radius 2 is 2.26 bits per heavy atom. The number of nitrogens with zero attached hydrogens (tertiary/aromatic N) is 1. The molecule has 0 aromatic carbocycles. The number of carbonyl (C=O) groups excluding carboxylic acids is 1. The summed E-state index contributed by atoms with van der Waals surface area (Å²) in [6.07, 6.45) is 6.44. The molecule has 2 rings (SSSR count). The van der Waals surface area contributed by atoms with Crippen LogP contribution in [0.4, 0.5) is 0 Å². The Bertz CT molecular complexity index is 416. The minimum atomic E-state index is -0.340. The largest absolute Gasteiger partial charge is 0.474 e. The second kappa shape index (κ2) is 6.55. The molecular formula is C15H21NO3. The van der Waals surface area contributed by atoms with Crippen LogP contribution in [0.1, 0.15) is 49.9 Å². The van der Waals surface area contributed by atoms with Gasteiger partial charge in [-0.3, -0.25) is 0 Å². The van der Waals surface area contributed by atoms with Gasteiger partial charge in [-0.15, -0.1) is 0 Å². The Kier molecular flexibility index (Phi) is 4.77. The number of hydrogen-bond acceptors (Lipinski definition) is 4. The SMILES string of the molecule is CCOC(=O)c1ccc(OC2CCCC(C)C2)nc1. The monoisotopic (exact) mass is 263 g/mol. The Morgan fingerprint density at radius 3 is 2.89 bits per heavy atom. The van der Waals surface area contributed by atoms with Gasteiger partial charge in [0.15, 0.2) is 0 Å². The summed E-state index contributed by atoms with van der Waals surface area (Å²) >= 11 is 0. The van der Waals surface area contributed by atoms with Gasteiger partial charge in [-0.05, 0) is 38.2 Å². The van der Waals surface area contributed by atoms with E-state index in [9.17, 15) is 4.79 Å². The number of esters is 1. The Balaban J connectivity index is 1.93. The molecule has 1 heterocycles. The van der Waals surface area contributed by atoms with Crippen LogP contribution in [0.25, 0.3) is 0 Å². The fraction of sp³-hybridized carbons (Fsp3) is 0.600. The molecule has 1 aliphatic rings. The minimum Gasteiger partial charge on any atom is -0.474 e. The van der Waals surface area contributed by atoms with Gasteiger partial charge in [0.2, 0.25) is 5.88 Å². The summed E-state index contributed by atoms with van der Waals surface area (Å²) < 4.78 is 10.8. The maximum atomic E-state index is 11.5. The van der Waals surface area contributed by atoms with Gasteiger partial charge in [-0.25, -0.2) is 9.78 Å². The van der Waals surface area contributed by atoms with Crippen molar-refractivity contribution >= 4 is 5.97 Å². The predicted octanol–water partition coefficient (Wildman–Crippen LogP) is 3.22. The zero-order chi connectivity index (χ0) is 13.7. The lowest BCUT2D eigenvalue weighted by molar-refractivity contribution is 0.0525. The van der Waals surface area contributed by atoms with Gasteiger partial charge in [-0.2, -0.15) is 0 Å². The third kappa shape index (κ3) is 3.94. The summed E-state index contributed by atoms with van der Waals surface area (Å²) in [5.41, 5.74) is 0.464. The fourth-order valence-electron chi connectivity index (χ4n) is 2.44. The second-order valence-corrected chi connectivity index (χ2v) is 5.12. The zero-order valence-electron chi connectivity index (χ0n) is 11.6. The van der Waals surface area contributed by atoms with Gasteiger partial charge in [0.1, 0.15) is 6.10 Å². The van der Waals surface area contributed by atoms with Crippen molar-refractivity contribution in [2.75, 3.05) is 6.61 Å². The van der Waals surface area contributed by atoms with E-state index in [0.717, 1.165) is 18.8 Å². The Hall–Kier alpha value is -1.58. The van der Waals surface area contributed by atoms with Gasteiger partial charge < -0.3 is 9.47 Å². The standard InChI is InChI=1S/C15H21NO3/c1-3-18-15(17)12-7-8-14(16-10-12)19-13-6-4-5-11(2)9-13/h7-8,10-11,13H,3-6,9H2,1-2H3. The molecule has 0 aliphatic heterocycles. The predicted molar refractivity (Wildman–Crippen MR) is 72.2 cm³/mol.